The molecule has 0 saturated carbocycles. The first-order valence-electron chi connectivity index (χ1n) is 12.5. The Balaban J connectivity index is 0.000000493. The van der Waals surface area contributed by atoms with E-state index >= 15 is 0 Å². The molecule has 0 radical (unpaired) electrons. The largest absolute Gasteiger partial charge is 0.340 e. The van der Waals surface area contributed by atoms with Gasteiger partial charge in [0.05, 0.1) is 12.5 Å². The molecule has 0 unspecified atom stereocenters. The second-order valence-electron chi connectivity index (χ2n) is 8.95. The van der Waals surface area contributed by atoms with Crippen LogP contribution in [-0.2, 0) is 6.42 Å². The fraction of sp³-hybridized carbons (Fsp3) is 0.379. The number of Topliss-reactive ketones (excluding diaryl/α,β-unsaturated/α-hetero) is 1. The van der Waals surface area contributed by atoms with Crippen molar-refractivity contribution in [1.82, 2.24) is 14.9 Å². The van der Waals surface area contributed by atoms with Gasteiger partial charge in [0.2, 0.25) is 5.95 Å². The molecule has 0 aliphatic carbocycles. The second-order valence-corrected chi connectivity index (χ2v) is 8.95. The van der Waals surface area contributed by atoms with Crippen LogP contribution in [0.3, 0.4) is 0 Å². The van der Waals surface area contributed by atoms with E-state index in [-0.39, 0.29) is 11.7 Å². The molecule has 3 aromatic rings. The van der Waals surface area contributed by atoms with Gasteiger partial charge in [0, 0.05) is 29.1 Å². The van der Waals surface area contributed by atoms with E-state index in [1.807, 2.05) is 50.2 Å². The number of carbonyl (C=O) groups excluding carboxylic acids is 1. The Morgan fingerprint density at radius 1 is 1.00 bits per heavy atom. The fourth-order valence-electron chi connectivity index (χ4n) is 3.54. The molecule has 7 heteroatoms. The number of anilines is 4. The van der Waals surface area contributed by atoms with Gasteiger partial charge in [-0.1, -0.05) is 39.8 Å². The fourth-order valence-corrected chi connectivity index (χ4v) is 3.54. The molecule has 0 bridgehead atoms. The van der Waals surface area contributed by atoms with Crippen LogP contribution in [-0.4, -0.2) is 40.8 Å². The van der Waals surface area contributed by atoms with Crippen molar-refractivity contribution in [3.63, 3.8) is 0 Å². The molecule has 36 heavy (non-hydrogen) atoms. The topological polar surface area (TPSA) is 93.9 Å². The predicted octanol–water partition coefficient (Wildman–Crippen LogP) is 6.61. The zero-order valence-corrected chi connectivity index (χ0v) is 22.1. The smallest absolute Gasteiger partial charge is 0.229 e. The lowest BCUT2D eigenvalue weighted by atomic mass is 10.0. The summed E-state index contributed by atoms with van der Waals surface area (Å²) in [6.45, 7) is 10.7. The molecular formula is C29H38N6O. The highest BCUT2D eigenvalue weighted by Crippen LogP contribution is 2.20. The number of ketones is 1. The average molecular weight is 487 g/mol. The van der Waals surface area contributed by atoms with Crippen molar-refractivity contribution in [2.24, 2.45) is 5.92 Å². The lowest BCUT2D eigenvalue weighted by Crippen LogP contribution is -2.19. The first-order chi connectivity index (χ1) is 17.4. The van der Waals surface area contributed by atoms with Gasteiger partial charge in [-0.3, -0.25) is 4.79 Å². The Bertz CT molecular complexity index is 1120. The minimum atomic E-state index is -0.0310. The lowest BCUT2D eigenvalue weighted by Gasteiger charge is -2.12. The van der Waals surface area contributed by atoms with Gasteiger partial charge in [0.25, 0.3) is 0 Å². The molecule has 0 fully saturated rings. The minimum Gasteiger partial charge on any atom is -0.340 e. The van der Waals surface area contributed by atoms with E-state index in [9.17, 15) is 4.79 Å². The van der Waals surface area contributed by atoms with Crippen LogP contribution in [0.1, 0.15) is 56.5 Å². The third-order valence-corrected chi connectivity index (χ3v) is 5.30. The molecule has 7 nitrogen and oxygen atoms in total. The quantitative estimate of drug-likeness (QED) is 0.295. The summed E-state index contributed by atoms with van der Waals surface area (Å²) in [6, 6.07) is 18.8. The van der Waals surface area contributed by atoms with Gasteiger partial charge in [-0.05, 0) is 81.0 Å². The van der Waals surface area contributed by atoms with Crippen LogP contribution in [0.5, 0.6) is 0 Å². The van der Waals surface area contributed by atoms with E-state index in [0.29, 0.717) is 23.8 Å². The highest BCUT2D eigenvalue weighted by Gasteiger charge is 2.10. The van der Waals surface area contributed by atoms with E-state index in [1.54, 1.807) is 24.4 Å². The van der Waals surface area contributed by atoms with Gasteiger partial charge < -0.3 is 15.5 Å². The number of nitriles is 1. The molecule has 0 atom stereocenters. The number of hydrogen-bond acceptors (Lipinski definition) is 7. The summed E-state index contributed by atoms with van der Waals surface area (Å²) >= 11 is 0. The van der Waals surface area contributed by atoms with Gasteiger partial charge in [0.1, 0.15) is 5.82 Å². The van der Waals surface area contributed by atoms with Crippen molar-refractivity contribution in [3.05, 3.63) is 71.9 Å². The Hall–Kier alpha value is -3.76. The highest BCUT2D eigenvalue weighted by molar-refractivity contribution is 5.97. The standard InChI is InChI=1S/C22H21N5O.C7H17N/c1-15(2)21(28)17-6-8-18(9-7-17)26-22-24-13-11-20(27-22)25-19-5-3-4-16(14-19)10-12-23;1-4-6-8(3)7-5-2/h3-9,11,13-15H,10H2,1-2H3,(H2,24,25,26,27);4-7H2,1-3H3. The zero-order valence-electron chi connectivity index (χ0n) is 22.1. The molecule has 190 valence electrons. The molecule has 1 heterocycles. The predicted molar refractivity (Wildman–Crippen MR) is 148 cm³/mol. The summed E-state index contributed by atoms with van der Waals surface area (Å²) in [5, 5.41) is 15.2. The lowest BCUT2D eigenvalue weighted by molar-refractivity contribution is 0.0939. The van der Waals surface area contributed by atoms with Gasteiger partial charge in [-0.2, -0.15) is 10.2 Å². The minimum absolute atomic E-state index is 0.0310. The Morgan fingerprint density at radius 2 is 1.69 bits per heavy atom. The Morgan fingerprint density at radius 3 is 2.31 bits per heavy atom. The molecule has 0 amide bonds. The van der Waals surface area contributed by atoms with E-state index in [2.05, 4.69) is 52.5 Å². The molecule has 2 N–H and O–H groups in total. The number of carbonyl (C=O) groups is 1. The monoisotopic (exact) mass is 486 g/mol. The van der Waals surface area contributed by atoms with Crippen molar-refractivity contribution in [2.45, 2.75) is 47.0 Å². The van der Waals surface area contributed by atoms with Crippen LogP contribution in [0.25, 0.3) is 0 Å². The van der Waals surface area contributed by atoms with Gasteiger partial charge in [0.15, 0.2) is 5.78 Å². The second kappa shape index (κ2) is 15.3. The van der Waals surface area contributed by atoms with E-state index in [4.69, 9.17) is 5.26 Å². The van der Waals surface area contributed by atoms with Crippen molar-refractivity contribution in [3.8, 4) is 6.07 Å². The van der Waals surface area contributed by atoms with E-state index in [0.717, 1.165) is 16.9 Å². The molecule has 0 aliphatic rings. The Kier molecular flexibility index (Phi) is 12.1. The number of benzene rings is 2. The highest BCUT2D eigenvalue weighted by atomic mass is 16.1. The summed E-state index contributed by atoms with van der Waals surface area (Å²) < 4.78 is 0. The molecule has 0 saturated heterocycles. The van der Waals surface area contributed by atoms with E-state index in [1.165, 1.54) is 25.9 Å². The number of nitrogens with one attached hydrogen (secondary N) is 2. The molecule has 0 aliphatic heterocycles. The van der Waals surface area contributed by atoms with Crippen LogP contribution in [0, 0.1) is 17.2 Å². The maximum atomic E-state index is 12.0. The third kappa shape index (κ3) is 9.85. The van der Waals surface area contributed by atoms with Crippen LogP contribution in [0.15, 0.2) is 60.8 Å². The SMILES string of the molecule is CC(C)C(=O)c1ccc(Nc2nccc(Nc3cccc(CC#N)c3)n2)cc1.CCCN(C)CCC. The van der Waals surface area contributed by atoms with Gasteiger partial charge >= 0.3 is 0 Å². The van der Waals surface area contributed by atoms with Crippen molar-refractivity contribution >= 4 is 28.9 Å². The van der Waals surface area contributed by atoms with Crippen LogP contribution < -0.4 is 10.6 Å². The average Bonchev–Trinajstić information content (AvgIpc) is 2.85. The maximum Gasteiger partial charge on any atom is 0.229 e. The van der Waals surface area contributed by atoms with Gasteiger partial charge in [-0.15, -0.1) is 0 Å². The number of aromatic nitrogens is 2. The van der Waals surface area contributed by atoms with Crippen LogP contribution >= 0.6 is 0 Å². The molecule has 1 aromatic heterocycles. The normalized spacial score (nSPS) is 10.4. The molecule has 3 rings (SSSR count). The summed E-state index contributed by atoms with van der Waals surface area (Å²) in [5.74, 6) is 1.17. The Labute approximate surface area is 215 Å². The number of hydrogen-bond donors (Lipinski definition) is 2. The summed E-state index contributed by atoms with van der Waals surface area (Å²) in [6.07, 6.45) is 4.57. The molecular weight excluding hydrogens is 448 g/mol. The summed E-state index contributed by atoms with van der Waals surface area (Å²) in [5.41, 5.74) is 3.28. The third-order valence-electron chi connectivity index (χ3n) is 5.30. The number of rotatable bonds is 11. The van der Waals surface area contributed by atoms with Crippen molar-refractivity contribution < 1.29 is 4.79 Å². The van der Waals surface area contributed by atoms with Crippen LogP contribution in [0.4, 0.5) is 23.1 Å². The first kappa shape index (κ1) is 28.5. The van der Waals surface area contributed by atoms with E-state index < -0.39 is 0 Å². The van der Waals surface area contributed by atoms with Crippen molar-refractivity contribution in [2.75, 3.05) is 30.8 Å². The van der Waals surface area contributed by atoms with Crippen LogP contribution in [0.2, 0.25) is 0 Å². The maximum absolute atomic E-state index is 12.0. The number of nitrogens with zero attached hydrogens (tertiary/aromatic N) is 4. The zero-order chi connectivity index (χ0) is 26.3. The van der Waals surface area contributed by atoms with Gasteiger partial charge in [-0.25, -0.2) is 4.98 Å². The summed E-state index contributed by atoms with van der Waals surface area (Å²) in [4.78, 5) is 23.1. The summed E-state index contributed by atoms with van der Waals surface area (Å²) in [7, 11) is 2.17. The first-order valence-corrected chi connectivity index (χ1v) is 12.5. The van der Waals surface area contributed by atoms with Crippen molar-refractivity contribution in [1.29, 1.82) is 5.26 Å². The molecule has 2 aromatic carbocycles. The molecule has 0 spiro atoms.